The van der Waals surface area contributed by atoms with Crippen molar-refractivity contribution >= 4 is 28.2 Å². The minimum absolute atomic E-state index is 0.0206. The zero-order valence-electron chi connectivity index (χ0n) is 13.9. The molecule has 2 fully saturated rings. The number of carbonyl (C=O) groups excluding carboxylic acids is 2. The van der Waals surface area contributed by atoms with Crippen LogP contribution in [0.2, 0.25) is 0 Å². The Bertz CT molecular complexity index is 669. The third kappa shape index (κ3) is 3.67. The summed E-state index contributed by atoms with van der Waals surface area (Å²) in [6, 6.07) is 2.85. The SMILES string of the molecule is NC[C@H]1CCC[C@H]1C(=O)N1CCN(C(=O)c2ccc([N+](=O)[O-])s2)CC1. The fourth-order valence-corrected chi connectivity index (χ4v) is 4.49. The summed E-state index contributed by atoms with van der Waals surface area (Å²) in [5.74, 6) is 0.253. The molecule has 0 radical (unpaired) electrons. The second kappa shape index (κ2) is 7.49. The van der Waals surface area contributed by atoms with Crippen molar-refractivity contribution in [3.8, 4) is 0 Å². The molecule has 0 aromatic carbocycles. The summed E-state index contributed by atoms with van der Waals surface area (Å²) < 4.78 is 0. The second-order valence-electron chi connectivity index (χ2n) is 6.55. The summed E-state index contributed by atoms with van der Waals surface area (Å²) in [7, 11) is 0. The molecule has 1 aliphatic heterocycles. The van der Waals surface area contributed by atoms with Crippen molar-refractivity contribution in [2.75, 3.05) is 32.7 Å². The van der Waals surface area contributed by atoms with Crippen LogP contribution < -0.4 is 5.73 Å². The fraction of sp³-hybridized carbons (Fsp3) is 0.625. The van der Waals surface area contributed by atoms with Crippen LogP contribution in [0.3, 0.4) is 0 Å². The van der Waals surface area contributed by atoms with Crippen LogP contribution in [0.5, 0.6) is 0 Å². The van der Waals surface area contributed by atoms with Crippen LogP contribution in [-0.4, -0.2) is 59.3 Å². The lowest BCUT2D eigenvalue weighted by atomic mass is 9.94. The molecule has 2 aliphatic rings. The number of carbonyl (C=O) groups is 2. The number of nitro groups is 1. The first-order valence-corrected chi connectivity index (χ1v) is 9.35. The Balaban J connectivity index is 1.56. The smallest absolute Gasteiger partial charge is 0.324 e. The fourth-order valence-electron chi connectivity index (χ4n) is 3.71. The number of nitrogens with two attached hydrogens (primary N) is 1. The van der Waals surface area contributed by atoms with Gasteiger partial charge in [0.15, 0.2) is 0 Å². The minimum atomic E-state index is -0.493. The molecule has 1 saturated heterocycles. The van der Waals surface area contributed by atoms with E-state index in [9.17, 15) is 19.7 Å². The molecule has 1 saturated carbocycles. The number of rotatable bonds is 4. The molecule has 8 nitrogen and oxygen atoms in total. The van der Waals surface area contributed by atoms with Gasteiger partial charge in [-0.25, -0.2) is 0 Å². The Morgan fingerprint density at radius 3 is 2.48 bits per heavy atom. The Morgan fingerprint density at radius 2 is 1.88 bits per heavy atom. The number of thiophene rings is 1. The lowest BCUT2D eigenvalue weighted by molar-refractivity contribution is -0.380. The molecule has 25 heavy (non-hydrogen) atoms. The van der Waals surface area contributed by atoms with Gasteiger partial charge in [-0.15, -0.1) is 0 Å². The molecule has 0 spiro atoms. The van der Waals surface area contributed by atoms with E-state index >= 15 is 0 Å². The van der Waals surface area contributed by atoms with Gasteiger partial charge in [0.2, 0.25) is 5.91 Å². The van der Waals surface area contributed by atoms with Crippen LogP contribution in [0.1, 0.15) is 28.9 Å². The molecule has 1 aliphatic carbocycles. The molecule has 2 heterocycles. The molecule has 2 N–H and O–H groups in total. The molecule has 2 amide bonds. The van der Waals surface area contributed by atoms with Gasteiger partial charge in [-0.05, 0) is 31.4 Å². The van der Waals surface area contributed by atoms with Gasteiger partial charge in [0, 0.05) is 38.2 Å². The van der Waals surface area contributed by atoms with Gasteiger partial charge in [0.1, 0.15) is 0 Å². The Hall–Kier alpha value is -2.00. The van der Waals surface area contributed by atoms with Gasteiger partial charge in [-0.1, -0.05) is 17.8 Å². The van der Waals surface area contributed by atoms with Crippen LogP contribution >= 0.6 is 11.3 Å². The average molecular weight is 366 g/mol. The molecular formula is C16H22N4O4S. The first-order chi connectivity index (χ1) is 12.0. The monoisotopic (exact) mass is 366 g/mol. The van der Waals surface area contributed by atoms with Gasteiger partial charge in [0.25, 0.3) is 5.91 Å². The number of nitrogens with zero attached hydrogens (tertiary/aromatic N) is 3. The van der Waals surface area contributed by atoms with Gasteiger partial charge in [-0.2, -0.15) is 0 Å². The van der Waals surface area contributed by atoms with Crippen molar-refractivity contribution in [3.05, 3.63) is 27.1 Å². The third-order valence-corrected chi connectivity index (χ3v) is 6.17. The van der Waals surface area contributed by atoms with E-state index in [0.717, 1.165) is 30.6 Å². The quantitative estimate of drug-likeness (QED) is 0.638. The van der Waals surface area contributed by atoms with Crippen LogP contribution in [0, 0.1) is 22.0 Å². The van der Waals surface area contributed by atoms with Crippen molar-refractivity contribution in [3.63, 3.8) is 0 Å². The normalized spacial score (nSPS) is 23.7. The Morgan fingerprint density at radius 1 is 1.20 bits per heavy atom. The summed E-state index contributed by atoms with van der Waals surface area (Å²) >= 11 is 0.889. The largest absolute Gasteiger partial charge is 0.339 e. The van der Waals surface area contributed by atoms with Crippen LogP contribution in [0.15, 0.2) is 12.1 Å². The standard InChI is InChI=1S/C16H22N4O4S/c17-10-11-2-1-3-12(11)15(21)18-6-8-19(9-7-18)16(22)13-4-5-14(25-13)20(23)24/h4-5,11-12H,1-3,6-10,17H2/t11-,12-/m1/s1. The molecule has 1 aromatic rings. The zero-order chi connectivity index (χ0) is 18.0. The molecule has 1 aromatic heterocycles. The molecule has 136 valence electrons. The number of hydrogen-bond acceptors (Lipinski definition) is 6. The average Bonchev–Trinajstić information content (AvgIpc) is 3.29. The van der Waals surface area contributed by atoms with Crippen LogP contribution in [0.4, 0.5) is 5.00 Å². The Kier molecular flexibility index (Phi) is 5.33. The summed E-state index contributed by atoms with van der Waals surface area (Å²) in [5.41, 5.74) is 5.77. The Labute approximate surface area is 149 Å². The maximum atomic E-state index is 12.7. The second-order valence-corrected chi connectivity index (χ2v) is 7.61. The highest BCUT2D eigenvalue weighted by molar-refractivity contribution is 7.17. The first-order valence-electron chi connectivity index (χ1n) is 8.53. The van der Waals surface area contributed by atoms with E-state index in [1.807, 2.05) is 4.90 Å². The van der Waals surface area contributed by atoms with E-state index < -0.39 is 4.92 Å². The topological polar surface area (TPSA) is 110 Å². The molecule has 0 unspecified atom stereocenters. The van der Waals surface area contributed by atoms with Crippen molar-refractivity contribution in [2.45, 2.75) is 19.3 Å². The van der Waals surface area contributed by atoms with Crippen molar-refractivity contribution in [2.24, 2.45) is 17.6 Å². The number of hydrogen-bond donors (Lipinski definition) is 1. The van der Waals surface area contributed by atoms with E-state index in [0.29, 0.717) is 37.6 Å². The van der Waals surface area contributed by atoms with Gasteiger partial charge < -0.3 is 15.5 Å². The molecule has 9 heteroatoms. The first kappa shape index (κ1) is 17.8. The van der Waals surface area contributed by atoms with Crippen molar-refractivity contribution < 1.29 is 14.5 Å². The predicted molar refractivity (Wildman–Crippen MR) is 93.3 cm³/mol. The van der Waals surface area contributed by atoms with E-state index in [1.165, 1.54) is 12.1 Å². The van der Waals surface area contributed by atoms with Crippen molar-refractivity contribution in [1.29, 1.82) is 0 Å². The highest BCUT2D eigenvalue weighted by Gasteiger charge is 2.36. The lowest BCUT2D eigenvalue weighted by Gasteiger charge is -2.36. The summed E-state index contributed by atoms with van der Waals surface area (Å²) in [6.45, 7) is 2.47. The number of piperazine rings is 1. The zero-order valence-corrected chi connectivity index (χ0v) is 14.7. The predicted octanol–water partition coefficient (Wildman–Crippen LogP) is 1.32. The minimum Gasteiger partial charge on any atom is -0.339 e. The highest BCUT2D eigenvalue weighted by Crippen LogP contribution is 2.32. The molecule has 2 atom stereocenters. The summed E-state index contributed by atoms with van der Waals surface area (Å²) in [4.78, 5) is 39.3. The van der Waals surface area contributed by atoms with E-state index in [-0.39, 0.29) is 28.7 Å². The lowest BCUT2D eigenvalue weighted by Crippen LogP contribution is -2.52. The van der Waals surface area contributed by atoms with Crippen LogP contribution in [-0.2, 0) is 4.79 Å². The van der Waals surface area contributed by atoms with E-state index in [2.05, 4.69) is 0 Å². The summed E-state index contributed by atoms with van der Waals surface area (Å²) in [6.07, 6.45) is 2.97. The van der Waals surface area contributed by atoms with E-state index in [1.54, 1.807) is 4.90 Å². The van der Waals surface area contributed by atoms with Crippen LogP contribution in [0.25, 0.3) is 0 Å². The summed E-state index contributed by atoms with van der Waals surface area (Å²) in [5, 5.41) is 10.7. The van der Waals surface area contributed by atoms with E-state index in [4.69, 9.17) is 5.73 Å². The van der Waals surface area contributed by atoms with Gasteiger partial charge >= 0.3 is 5.00 Å². The molecular weight excluding hydrogens is 344 g/mol. The third-order valence-electron chi connectivity index (χ3n) is 5.14. The molecule has 0 bridgehead atoms. The highest BCUT2D eigenvalue weighted by atomic mass is 32.1. The maximum absolute atomic E-state index is 12.7. The van der Waals surface area contributed by atoms with Gasteiger partial charge in [-0.3, -0.25) is 19.7 Å². The van der Waals surface area contributed by atoms with Gasteiger partial charge in [0.05, 0.1) is 9.80 Å². The maximum Gasteiger partial charge on any atom is 0.324 e. The number of amides is 2. The van der Waals surface area contributed by atoms with Crippen molar-refractivity contribution in [1.82, 2.24) is 9.80 Å². The molecule has 3 rings (SSSR count).